The van der Waals surface area contributed by atoms with Crippen LogP contribution in [0.1, 0.15) is 39.5 Å². The fourth-order valence-corrected chi connectivity index (χ4v) is 2.69. The second kappa shape index (κ2) is 5.10. The number of aliphatic hydroxyl groups is 1. The van der Waals surface area contributed by atoms with Crippen LogP contribution in [0.4, 0.5) is 5.69 Å². The first kappa shape index (κ1) is 13.7. The lowest BCUT2D eigenvalue weighted by molar-refractivity contribution is 0.118. The predicted octanol–water partition coefficient (Wildman–Crippen LogP) is 4.08. The SMILES string of the molecule is CC1(C)CCC(CO)(Nc2ccc(Cl)cc2)CC1. The van der Waals surface area contributed by atoms with E-state index < -0.39 is 0 Å². The molecule has 0 atom stereocenters. The van der Waals surface area contributed by atoms with Crippen molar-refractivity contribution >= 4 is 17.3 Å². The molecule has 0 radical (unpaired) electrons. The van der Waals surface area contributed by atoms with Crippen LogP contribution in [0.3, 0.4) is 0 Å². The predicted molar refractivity (Wildman–Crippen MR) is 77.1 cm³/mol. The highest BCUT2D eigenvalue weighted by Gasteiger charge is 2.37. The van der Waals surface area contributed by atoms with E-state index in [2.05, 4.69) is 19.2 Å². The molecule has 1 saturated carbocycles. The third-order valence-electron chi connectivity index (χ3n) is 4.12. The van der Waals surface area contributed by atoms with E-state index in [0.29, 0.717) is 5.41 Å². The van der Waals surface area contributed by atoms with E-state index in [0.717, 1.165) is 36.4 Å². The van der Waals surface area contributed by atoms with Gasteiger partial charge in [0.1, 0.15) is 0 Å². The summed E-state index contributed by atoms with van der Waals surface area (Å²) in [6, 6.07) is 7.70. The Morgan fingerprint density at radius 1 is 1.11 bits per heavy atom. The molecule has 0 unspecified atom stereocenters. The van der Waals surface area contributed by atoms with Crippen LogP contribution in [-0.2, 0) is 0 Å². The van der Waals surface area contributed by atoms with Gasteiger partial charge in [-0.3, -0.25) is 0 Å². The minimum absolute atomic E-state index is 0.163. The van der Waals surface area contributed by atoms with Gasteiger partial charge in [0.25, 0.3) is 0 Å². The van der Waals surface area contributed by atoms with Crippen LogP contribution in [0.15, 0.2) is 24.3 Å². The summed E-state index contributed by atoms with van der Waals surface area (Å²) in [4.78, 5) is 0. The van der Waals surface area contributed by atoms with Crippen molar-refractivity contribution < 1.29 is 5.11 Å². The first-order chi connectivity index (χ1) is 8.45. The smallest absolute Gasteiger partial charge is 0.0661 e. The number of nitrogens with one attached hydrogen (secondary N) is 1. The molecule has 2 N–H and O–H groups in total. The maximum Gasteiger partial charge on any atom is 0.0661 e. The molecule has 100 valence electrons. The van der Waals surface area contributed by atoms with Crippen LogP contribution in [0.2, 0.25) is 5.02 Å². The van der Waals surface area contributed by atoms with Gasteiger partial charge in [-0.25, -0.2) is 0 Å². The van der Waals surface area contributed by atoms with Gasteiger partial charge >= 0.3 is 0 Å². The Labute approximate surface area is 114 Å². The van der Waals surface area contributed by atoms with Crippen molar-refractivity contribution in [1.82, 2.24) is 0 Å². The average Bonchev–Trinajstić information content (AvgIpc) is 2.35. The molecule has 0 saturated heterocycles. The summed E-state index contributed by atoms with van der Waals surface area (Å²) in [5, 5.41) is 14.0. The Morgan fingerprint density at radius 2 is 1.67 bits per heavy atom. The summed E-state index contributed by atoms with van der Waals surface area (Å²) in [6.45, 7) is 4.79. The van der Waals surface area contributed by atoms with Gasteiger partial charge in [0, 0.05) is 10.7 Å². The Bertz CT molecular complexity index is 389. The van der Waals surface area contributed by atoms with Crippen molar-refractivity contribution in [2.45, 2.75) is 45.1 Å². The number of hydrogen-bond donors (Lipinski definition) is 2. The Morgan fingerprint density at radius 3 is 2.17 bits per heavy atom. The topological polar surface area (TPSA) is 32.3 Å². The number of halogens is 1. The summed E-state index contributed by atoms with van der Waals surface area (Å²) in [7, 11) is 0. The highest BCUT2D eigenvalue weighted by Crippen LogP contribution is 2.41. The maximum absolute atomic E-state index is 9.74. The molecule has 1 aromatic rings. The lowest BCUT2D eigenvalue weighted by Gasteiger charge is -2.43. The van der Waals surface area contributed by atoms with Gasteiger partial charge in [0.05, 0.1) is 12.1 Å². The number of rotatable bonds is 3. The zero-order chi connectivity index (χ0) is 13.2. The highest BCUT2D eigenvalue weighted by molar-refractivity contribution is 6.30. The van der Waals surface area contributed by atoms with E-state index >= 15 is 0 Å². The summed E-state index contributed by atoms with van der Waals surface area (Å²) in [6.07, 6.45) is 4.32. The normalized spacial score (nSPS) is 21.6. The van der Waals surface area contributed by atoms with Gasteiger partial charge in [0.2, 0.25) is 0 Å². The fraction of sp³-hybridized carbons (Fsp3) is 0.600. The lowest BCUT2D eigenvalue weighted by Crippen LogP contribution is -2.46. The monoisotopic (exact) mass is 267 g/mol. The van der Waals surface area contributed by atoms with Crippen molar-refractivity contribution in [3.63, 3.8) is 0 Å². The van der Waals surface area contributed by atoms with E-state index in [4.69, 9.17) is 11.6 Å². The summed E-state index contributed by atoms with van der Waals surface area (Å²) in [5.74, 6) is 0. The molecule has 0 aromatic heterocycles. The lowest BCUT2D eigenvalue weighted by atomic mass is 9.69. The quantitative estimate of drug-likeness (QED) is 0.865. The van der Waals surface area contributed by atoms with Crippen LogP contribution < -0.4 is 5.32 Å². The molecule has 1 aliphatic carbocycles. The number of aliphatic hydroxyl groups excluding tert-OH is 1. The zero-order valence-electron chi connectivity index (χ0n) is 11.2. The van der Waals surface area contributed by atoms with Crippen LogP contribution in [0.25, 0.3) is 0 Å². The summed E-state index contributed by atoms with van der Waals surface area (Å²) in [5.41, 5.74) is 1.28. The molecule has 18 heavy (non-hydrogen) atoms. The molecule has 0 aliphatic heterocycles. The molecule has 1 aromatic carbocycles. The number of anilines is 1. The van der Waals surface area contributed by atoms with Gasteiger partial charge in [-0.15, -0.1) is 0 Å². The van der Waals surface area contributed by atoms with Crippen molar-refractivity contribution in [1.29, 1.82) is 0 Å². The van der Waals surface area contributed by atoms with Gasteiger partial charge in [-0.05, 0) is 55.4 Å². The highest BCUT2D eigenvalue weighted by atomic mass is 35.5. The van der Waals surface area contributed by atoms with Crippen LogP contribution in [0, 0.1) is 5.41 Å². The summed E-state index contributed by atoms with van der Waals surface area (Å²) < 4.78 is 0. The van der Waals surface area contributed by atoms with Gasteiger partial charge in [-0.2, -0.15) is 0 Å². The number of benzene rings is 1. The van der Waals surface area contributed by atoms with E-state index in [1.54, 1.807) is 0 Å². The second-order valence-corrected chi connectivity index (χ2v) is 6.67. The molecule has 1 fully saturated rings. The van der Waals surface area contributed by atoms with Crippen molar-refractivity contribution in [3.8, 4) is 0 Å². The molecule has 0 bridgehead atoms. The second-order valence-electron chi connectivity index (χ2n) is 6.23. The molecule has 1 aliphatic rings. The van der Waals surface area contributed by atoms with Crippen molar-refractivity contribution in [2.24, 2.45) is 5.41 Å². The molecule has 0 amide bonds. The Kier molecular flexibility index (Phi) is 3.88. The van der Waals surface area contributed by atoms with Gasteiger partial charge in [0.15, 0.2) is 0 Å². The van der Waals surface area contributed by atoms with Crippen LogP contribution in [0.5, 0.6) is 0 Å². The van der Waals surface area contributed by atoms with E-state index in [-0.39, 0.29) is 12.1 Å². The largest absolute Gasteiger partial charge is 0.394 e. The molecular weight excluding hydrogens is 246 g/mol. The molecule has 3 heteroatoms. The minimum Gasteiger partial charge on any atom is -0.394 e. The van der Waals surface area contributed by atoms with Crippen molar-refractivity contribution in [2.75, 3.05) is 11.9 Å². The van der Waals surface area contributed by atoms with Gasteiger partial charge in [-0.1, -0.05) is 25.4 Å². The molecular formula is C15H22ClNO. The fourth-order valence-electron chi connectivity index (χ4n) is 2.57. The first-order valence-corrected chi connectivity index (χ1v) is 6.97. The molecule has 2 nitrogen and oxygen atoms in total. The standard InChI is InChI=1S/C15H22ClNO/c1-14(2)7-9-15(11-18,10-8-14)17-13-5-3-12(16)4-6-13/h3-6,17-18H,7-11H2,1-2H3. The van der Waals surface area contributed by atoms with E-state index in [9.17, 15) is 5.11 Å². The van der Waals surface area contributed by atoms with Crippen molar-refractivity contribution in [3.05, 3.63) is 29.3 Å². The Hall–Kier alpha value is -0.730. The zero-order valence-corrected chi connectivity index (χ0v) is 11.9. The van der Waals surface area contributed by atoms with Gasteiger partial charge < -0.3 is 10.4 Å². The van der Waals surface area contributed by atoms with E-state index in [1.165, 1.54) is 0 Å². The number of hydrogen-bond acceptors (Lipinski definition) is 2. The molecule has 2 rings (SSSR count). The third-order valence-corrected chi connectivity index (χ3v) is 4.37. The van der Waals surface area contributed by atoms with Crippen LogP contribution >= 0.6 is 11.6 Å². The third kappa shape index (κ3) is 3.18. The molecule has 0 heterocycles. The summed E-state index contributed by atoms with van der Waals surface area (Å²) >= 11 is 5.88. The average molecular weight is 268 g/mol. The first-order valence-electron chi connectivity index (χ1n) is 6.59. The maximum atomic E-state index is 9.74. The Balaban J connectivity index is 2.07. The van der Waals surface area contributed by atoms with E-state index in [1.807, 2.05) is 24.3 Å². The minimum atomic E-state index is -0.163. The van der Waals surface area contributed by atoms with Crippen LogP contribution in [-0.4, -0.2) is 17.3 Å². The molecule has 0 spiro atoms.